The molecule has 0 fully saturated rings. The number of amides is 1. The van der Waals surface area contributed by atoms with E-state index in [1.165, 1.54) is 0 Å². The van der Waals surface area contributed by atoms with Gasteiger partial charge in [0, 0.05) is 18.3 Å². The molecule has 136 valence electrons. The lowest BCUT2D eigenvalue weighted by Gasteiger charge is -2.14. The van der Waals surface area contributed by atoms with Crippen LogP contribution in [0.2, 0.25) is 0 Å². The summed E-state index contributed by atoms with van der Waals surface area (Å²) < 4.78 is 0. The van der Waals surface area contributed by atoms with Crippen LogP contribution in [0.4, 0.5) is 5.69 Å². The molecule has 0 aliphatic carbocycles. The zero-order chi connectivity index (χ0) is 17.2. The maximum Gasteiger partial charge on any atom is 0.238 e. The second-order valence-electron chi connectivity index (χ2n) is 5.98. The summed E-state index contributed by atoms with van der Waals surface area (Å²) in [6.45, 7) is 7.93. The Hall–Kier alpha value is -1.35. The molecule has 1 rings (SSSR count). The Morgan fingerprint density at radius 2 is 2.00 bits per heavy atom. The molecule has 0 radical (unpaired) electrons. The van der Waals surface area contributed by atoms with Crippen LogP contribution in [-0.4, -0.2) is 50.0 Å². The van der Waals surface area contributed by atoms with Crippen molar-refractivity contribution >= 4 is 41.5 Å². The molecular formula is C17H30IN5O. The van der Waals surface area contributed by atoms with E-state index in [2.05, 4.69) is 34.8 Å². The lowest BCUT2D eigenvalue weighted by atomic mass is 10.2. The fraction of sp³-hybridized carbons (Fsp3) is 0.529. The molecule has 7 heteroatoms. The van der Waals surface area contributed by atoms with Gasteiger partial charge in [0.2, 0.25) is 5.91 Å². The fourth-order valence-corrected chi connectivity index (χ4v) is 2.00. The number of likely N-dealkylation sites (N-methyl/N-ethyl adjacent to an activating group) is 1. The van der Waals surface area contributed by atoms with Crippen LogP contribution in [0.25, 0.3) is 0 Å². The Labute approximate surface area is 162 Å². The second kappa shape index (κ2) is 12.1. The number of aliphatic imine (C=N–C) groups is 1. The summed E-state index contributed by atoms with van der Waals surface area (Å²) >= 11 is 0. The van der Waals surface area contributed by atoms with Crippen molar-refractivity contribution in [1.82, 2.24) is 15.5 Å². The highest BCUT2D eigenvalue weighted by molar-refractivity contribution is 14.0. The van der Waals surface area contributed by atoms with Gasteiger partial charge < -0.3 is 20.9 Å². The molecule has 1 aromatic carbocycles. The molecule has 0 saturated heterocycles. The van der Waals surface area contributed by atoms with Crippen LogP contribution >= 0.6 is 24.0 Å². The maximum absolute atomic E-state index is 11.8. The number of nitrogens with one attached hydrogen (secondary N) is 3. The van der Waals surface area contributed by atoms with Crippen molar-refractivity contribution in [3.05, 3.63) is 29.8 Å². The van der Waals surface area contributed by atoms with Gasteiger partial charge in [-0.25, -0.2) is 4.99 Å². The number of rotatable bonds is 7. The Bertz CT molecular complexity index is 531. The first-order chi connectivity index (χ1) is 10.9. The van der Waals surface area contributed by atoms with Crippen molar-refractivity contribution in [1.29, 1.82) is 0 Å². The molecule has 6 nitrogen and oxygen atoms in total. The second-order valence-corrected chi connectivity index (χ2v) is 5.98. The molecule has 0 atom stereocenters. The highest BCUT2D eigenvalue weighted by Gasteiger charge is 2.04. The number of hydrogen-bond acceptors (Lipinski definition) is 3. The van der Waals surface area contributed by atoms with Crippen molar-refractivity contribution in [2.24, 2.45) is 4.99 Å². The molecule has 0 bridgehead atoms. The molecule has 0 heterocycles. The first kappa shape index (κ1) is 22.6. The van der Waals surface area contributed by atoms with E-state index in [-0.39, 0.29) is 29.9 Å². The molecule has 1 amide bonds. The largest absolute Gasteiger partial charge is 0.357 e. The van der Waals surface area contributed by atoms with Gasteiger partial charge in [-0.2, -0.15) is 0 Å². The molecule has 0 aliphatic rings. The van der Waals surface area contributed by atoms with E-state index in [0.29, 0.717) is 19.1 Å². The summed E-state index contributed by atoms with van der Waals surface area (Å²) in [4.78, 5) is 18.2. The Balaban J connectivity index is 0.00000529. The van der Waals surface area contributed by atoms with Gasteiger partial charge in [-0.15, -0.1) is 24.0 Å². The highest BCUT2D eigenvalue weighted by Crippen LogP contribution is 2.11. The average Bonchev–Trinajstić information content (AvgIpc) is 2.44. The maximum atomic E-state index is 11.8. The van der Waals surface area contributed by atoms with Gasteiger partial charge in [-0.3, -0.25) is 4.79 Å². The summed E-state index contributed by atoms with van der Waals surface area (Å²) in [5, 5.41) is 9.40. The van der Waals surface area contributed by atoms with Gasteiger partial charge in [-0.1, -0.05) is 12.1 Å². The molecule has 0 aliphatic heterocycles. The van der Waals surface area contributed by atoms with E-state index in [1.54, 1.807) is 0 Å². The van der Waals surface area contributed by atoms with Crippen molar-refractivity contribution in [3.63, 3.8) is 0 Å². The Morgan fingerprint density at radius 3 is 2.58 bits per heavy atom. The van der Waals surface area contributed by atoms with Crippen molar-refractivity contribution in [2.75, 3.05) is 32.5 Å². The summed E-state index contributed by atoms with van der Waals surface area (Å²) in [5.41, 5.74) is 1.85. The first-order valence-corrected chi connectivity index (χ1v) is 7.99. The van der Waals surface area contributed by atoms with Crippen LogP contribution in [0.5, 0.6) is 0 Å². The predicted octanol–water partition coefficient (Wildman–Crippen LogP) is 2.27. The van der Waals surface area contributed by atoms with E-state index in [4.69, 9.17) is 0 Å². The standard InChI is InChI=1S/C17H29N5O.HI/c1-6-18-17(20-13(2)3)19-11-14-8-7-9-15(10-14)21-16(23)12-22(4)5;/h7-10,13H,6,11-12H2,1-5H3,(H,21,23)(H2,18,19,20);1H. The third kappa shape index (κ3) is 9.71. The van der Waals surface area contributed by atoms with Gasteiger partial charge in [-0.05, 0) is 52.6 Å². The van der Waals surface area contributed by atoms with Crippen LogP contribution in [-0.2, 0) is 11.3 Å². The minimum absolute atomic E-state index is 0. The van der Waals surface area contributed by atoms with Crippen molar-refractivity contribution in [2.45, 2.75) is 33.4 Å². The molecule has 1 aromatic rings. The molecular weight excluding hydrogens is 417 g/mol. The molecule has 0 saturated carbocycles. The Morgan fingerprint density at radius 1 is 1.29 bits per heavy atom. The number of halogens is 1. The smallest absolute Gasteiger partial charge is 0.238 e. The SMILES string of the molecule is CCNC(=NCc1cccc(NC(=O)CN(C)C)c1)NC(C)C.I. The number of guanidine groups is 1. The lowest BCUT2D eigenvalue weighted by molar-refractivity contribution is -0.116. The van der Waals surface area contributed by atoms with E-state index in [0.717, 1.165) is 23.8 Å². The summed E-state index contributed by atoms with van der Waals surface area (Å²) in [5.74, 6) is 0.773. The van der Waals surface area contributed by atoms with Gasteiger partial charge >= 0.3 is 0 Å². The van der Waals surface area contributed by atoms with Crippen LogP contribution in [0.1, 0.15) is 26.3 Å². The summed E-state index contributed by atoms with van der Waals surface area (Å²) in [7, 11) is 3.74. The normalized spacial score (nSPS) is 11.2. The molecule has 24 heavy (non-hydrogen) atoms. The van der Waals surface area contributed by atoms with Gasteiger partial charge in [0.25, 0.3) is 0 Å². The molecule has 0 spiro atoms. The van der Waals surface area contributed by atoms with Crippen LogP contribution < -0.4 is 16.0 Å². The van der Waals surface area contributed by atoms with Gasteiger partial charge in [0.05, 0.1) is 13.1 Å². The van der Waals surface area contributed by atoms with Crippen LogP contribution in [0.3, 0.4) is 0 Å². The highest BCUT2D eigenvalue weighted by atomic mass is 127. The molecule has 0 aromatic heterocycles. The number of hydrogen-bond donors (Lipinski definition) is 3. The van der Waals surface area contributed by atoms with Crippen LogP contribution in [0, 0.1) is 0 Å². The molecule has 3 N–H and O–H groups in total. The Kier molecular flexibility index (Phi) is 11.4. The zero-order valence-electron chi connectivity index (χ0n) is 15.2. The predicted molar refractivity (Wildman–Crippen MR) is 112 cm³/mol. The fourth-order valence-electron chi connectivity index (χ4n) is 2.00. The monoisotopic (exact) mass is 447 g/mol. The number of anilines is 1. The minimum atomic E-state index is -0.0227. The van der Waals surface area contributed by atoms with E-state index < -0.39 is 0 Å². The van der Waals surface area contributed by atoms with E-state index in [9.17, 15) is 4.79 Å². The molecule has 0 unspecified atom stereocenters. The lowest BCUT2D eigenvalue weighted by Crippen LogP contribution is -2.41. The van der Waals surface area contributed by atoms with Crippen molar-refractivity contribution < 1.29 is 4.79 Å². The number of carbonyl (C=O) groups is 1. The summed E-state index contributed by atoms with van der Waals surface area (Å²) in [6.07, 6.45) is 0. The minimum Gasteiger partial charge on any atom is -0.357 e. The topological polar surface area (TPSA) is 68.8 Å². The number of nitrogens with zero attached hydrogens (tertiary/aromatic N) is 2. The van der Waals surface area contributed by atoms with Gasteiger partial charge in [0.15, 0.2) is 5.96 Å². The zero-order valence-corrected chi connectivity index (χ0v) is 17.5. The van der Waals surface area contributed by atoms with E-state index in [1.807, 2.05) is 50.2 Å². The van der Waals surface area contributed by atoms with Gasteiger partial charge in [0.1, 0.15) is 0 Å². The first-order valence-electron chi connectivity index (χ1n) is 7.99. The number of carbonyl (C=O) groups excluding carboxylic acids is 1. The third-order valence-electron chi connectivity index (χ3n) is 2.86. The van der Waals surface area contributed by atoms with Crippen LogP contribution in [0.15, 0.2) is 29.3 Å². The van der Waals surface area contributed by atoms with Crippen molar-refractivity contribution in [3.8, 4) is 0 Å². The quantitative estimate of drug-likeness (QED) is 0.341. The van der Waals surface area contributed by atoms with E-state index >= 15 is 0 Å². The summed E-state index contributed by atoms with van der Waals surface area (Å²) in [6, 6.07) is 8.10. The average molecular weight is 447 g/mol. The number of benzene rings is 1. The third-order valence-corrected chi connectivity index (χ3v) is 2.86.